The van der Waals surface area contributed by atoms with Crippen molar-refractivity contribution in [2.45, 2.75) is 0 Å². The average molecular weight is 315 g/mol. The van der Waals surface area contributed by atoms with E-state index in [0.29, 0.717) is 22.0 Å². The maximum atomic E-state index is 10.1. The zero-order valence-corrected chi connectivity index (χ0v) is 12.1. The first-order valence-corrected chi connectivity index (χ1v) is 7.03. The average Bonchev–Trinajstić information content (AvgIpc) is 3.17. The number of benzene rings is 2. The molecule has 4 rings (SSSR count). The van der Waals surface area contributed by atoms with E-state index in [1.807, 2.05) is 18.2 Å². The van der Waals surface area contributed by atoms with Gasteiger partial charge in [-0.1, -0.05) is 17.7 Å². The number of nitrogens with zero attached hydrogens (tertiary/aromatic N) is 1. The van der Waals surface area contributed by atoms with Crippen molar-refractivity contribution in [3.8, 4) is 39.6 Å². The first-order chi connectivity index (χ1) is 10.7. The molecule has 0 spiro atoms. The van der Waals surface area contributed by atoms with Gasteiger partial charge in [0, 0.05) is 22.3 Å². The second-order valence-electron chi connectivity index (χ2n) is 4.88. The second kappa shape index (κ2) is 4.96. The number of fused-ring (bicyclic) bond motifs is 1. The molecule has 3 aromatic rings. The molecular weight excluding hydrogens is 304 g/mol. The number of nitrogens with one attached hydrogen (secondary N) is 1. The number of aromatic nitrogens is 2. The SMILES string of the molecule is Oc1ccc(Cl)cc1-c1n[nH]cc1-c1ccc2c(c1)OCO2. The minimum Gasteiger partial charge on any atom is -0.507 e. The van der Waals surface area contributed by atoms with Crippen LogP contribution in [0.25, 0.3) is 22.4 Å². The standard InChI is InChI=1S/C16H11ClN2O3/c17-10-2-3-13(20)11(6-10)16-12(7-18-19-16)9-1-4-14-15(5-9)22-8-21-14/h1-7,20H,8H2,(H,18,19). The van der Waals surface area contributed by atoms with Gasteiger partial charge in [-0.25, -0.2) is 0 Å². The Kier molecular flexibility index (Phi) is 2.94. The highest BCUT2D eigenvalue weighted by atomic mass is 35.5. The normalized spacial score (nSPS) is 12.6. The van der Waals surface area contributed by atoms with E-state index in [1.54, 1.807) is 24.4 Å². The van der Waals surface area contributed by atoms with Gasteiger partial charge >= 0.3 is 0 Å². The number of phenols is 1. The third-order valence-corrected chi connectivity index (χ3v) is 3.77. The molecule has 5 nitrogen and oxygen atoms in total. The van der Waals surface area contributed by atoms with Crippen molar-refractivity contribution in [2.24, 2.45) is 0 Å². The Labute approximate surface area is 131 Å². The molecule has 1 aliphatic heterocycles. The number of ether oxygens (including phenoxy) is 2. The Balaban J connectivity index is 1.85. The van der Waals surface area contributed by atoms with Crippen LogP contribution in [0.1, 0.15) is 0 Å². The molecule has 110 valence electrons. The van der Waals surface area contributed by atoms with Gasteiger partial charge in [-0.2, -0.15) is 5.10 Å². The number of halogens is 1. The second-order valence-corrected chi connectivity index (χ2v) is 5.31. The summed E-state index contributed by atoms with van der Waals surface area (Å²) >= 11 is 6.02. The van der Waals surface area contributed by atoms with Crippen molar-refractivity contribution in [2.75, 3.05) is 6.79 Å². The Morgan fingerprint density at radius 1 is 1.05 bits per heavy atom. The van der Waals surface area contributed by atoms with Gasteiger partial charge in [-0.15, -0.1) is 0 Å². The van der Waals surface area contributed by atoms with Crippen molar-refractivity contribution in [3.63, 3.8) is 0 Å². The summed E-state index contributed by atoms with van der Waals surface area (Å²) in [5.74, 6) is 1.54. The number of aromatic hydroxyl groups is 1. The van der Waals surface area contributed by atoms with Gasteiger partial charge in [0.15, 0.2) is 11.5 Å². The van der Waals surface area contributed by atoms with Crippen molar-refractivity contribution in [3.05, 3.63) is 47.6 Å². The van der Waals surface area contributed by atoms with Gasteiger partial charge in [0.05, 0.1) is 0 Å². The molecule has 0 fully saturated rings. The number of aromatic amines is 1. The van der Waals surface area contributed by atoms with Crippen molar-refractivity contribution in [1.82, 2.24) is 10.2 Å². The van der Waals surface area contributed by atoms with E-state index in [2.05, 4.69) is 10.2 Å². The summed E-state index contributed by atoms with van der Waals surface area (Å²) in [7, 11) is 0. The maximum absolute atomic E-state index is 10.1. The van der Waals surface area contributed by atoms with Gasteiger partial charge < -0.3 is 14.6 Å². The van der Waals surface area contributed by atoms with Crippen molar-refractivity contribution < 1.29 is 14.6 Å². The Hall–Kier alpha value is -2.66. The summed E-state index contributed by atoms with van der Waals surface area (Å²) in [4.78, 5) is 0. The fourth-order valence-electron chi connectivity index (χ4n) is 2.48. The molecule has 0 unspecified atom stereocenters. The van der Waals surface area contributed by atoms with E-state index >= 15 is 0 Å². The van der Waals surface area contributed by atoms with Crippen LogP contribution in [0.4, 0.5) is 0 Å². The number of hydrogen-bond acceptors (Lipinski definition) is 4. The number of H-pyrrole nitrogens is 1. The lowest BCUT2D eigenvalue weighted by Gasteiger charge is -2.06. The number of hydrogen-bond donors (Lipinski definition) is 2. The summed E-state index contributed by atoms with van der Waals surface area (Å²) in [5, 5.41) is 17.7. The van der Waals surface area contributed by atoms with E-state index < -0.39 is 0 Å². The van der Waals surface area contributed by atoms with E-state index in [1.165, 1.54) is 0 Å². The van der Waals surface area contributed by atoms with Crippen LogP contribution in [0.15, 0.2) is 42.6 Å². The topological polar surface area (TPSA) is 67.4 Å². The third-order valence-electron chi connectivity index (χ3n) is 3.54. The summed E-state index contributed by atoms with van der Waals surface area (Å²) in [6.07, 6.45) is 1.77. The van der Waals surface area contributed by atoms with Crippen molar-refractivity contribution in [1.29, 1.82) is 0 Å². The van der Waals surface area contributed by atoms with E-state index in [9.17, 15) is 5.11 Å². The van der Waals surface area contributed by atoms with Crippen LogP contribution in [0.2, 0.25) is 5.02 Å². The fourth-order valence-corrected chi connectivity index (χ4v) is 2.65. The summed E-state index contributed by atoms with van der Waals surface area (Å²) in [6.45, 7) is 0.228. The minimum atomic E-state index is 0.124. The van der Waals surface area contributed by atoms with E-state index in [-0.39, 0.29) is 12.5 Å². The van der Waals surface area contributed by atoms with Gasteiger partial charge in [0.1, 0.15) is 11.4 Å². The molecule has 2 N–H and O–H groups in total. The molecular formula is C16H11ClN2O3. The van der Waals surface area contributed by atoms with Crippen LogP contribution >= 0.6 is 11.6 Å². The lowest BCUT2D eigenvalue weighted by atomic mass is 10.0. The van der Waals surface area contributed by atoms with Crippen LogP contribution in [-0.2, 0) is 0 Å². The monoisotopic (exact) mass is 314 g/mol. The smallest absolute Gasteiger partial charge is 0.231 e. The van der Waals surface area contributed by atoms with Crippen LogP contribution < -0.4 is 9.47 Å². The molecule has 0 radical (unpaired) electrons. The Morgan fingerprint density at radius 3 is 2.82 bits per heavy atom. The quantitative estimate of drug-likeness (QED) is 0.754. The molecule has 0 atom stereocenters. The highest BCUT2D eigenvalue weighted by Gasteiger charge is 2.18. The molecule has 2 aromatic carbocycles. The number of phenolic OH excluding ortho intramolecular Hbond substituents is 1. The first kappa shape index (κ1) is 13.0. The van der Waals surface area contributed by atoms with Crippen molar-refractivity contribution >= 4 is 11.6 Å². The lowest BCUT2D eigenvalue weighted by molar-refractivity contribution is 0.174. The van der Waals surface area contributed by atoms with Gasteiger partial charge in [-0.3, -0.25) is 5.10 Å². The predicted molar refractivity (Wildman–Crippen MR) is 82.3 cm³/mol. The van der Waals surface area contributed by atoms with Crippen LogP contribution in [-0.4, -0.2) is 22.1 Å². The third kappa shape index (κ3) is 2.07. The van der Waals surface area contributed by atoms with E-state index in [0.717, 1.165) is 16.9 Å². The highest BCUT2D eigenvalue weighted by molar-refractivity contribution is 6.31. The number of rotatable bonds is 2. The molecule has 22 heavy (non-hydrogen) atoms. The van der Waals surface area contributed by atoms with Crippen LogP contribution in [0, 0.1) is 0 Å². The lowest BCUT2D eigenvalue weighted by Crippen LogP contribution is -1.92. The fraction of sp³-hybridized carbons (Fsp3) is 0.0625. The Bertz CT molecular complexity index is 860. The zero-order chi connectivity index (χ0) is 15.1. The largest absolute Gasteiger partial charge is 0.507 e. The Morgan fingerprint density at radius 2 is 1.91 bits per heavy atom. The maximum Gasteiger partial charge on any atom is 0.231 e. The molecule has 1 aromatic heterocycles. The molecule has 1 aliphatic rings. The van der Waals surface area contributed by atoms with Crippen LogP contribution in [0.3, 0.4) is 0 Å². The predicted octanol–water partition coefficient (Wildman–Crippen LogP) is 3.83. The molecule has 0 saturated heterocycles. The first-order valence-electron chi connectivity index (χ1n) is 6.65. The zero-order valence-electron chi connectivity index (χ0n) is 11.3. The summed E-state index contributed by atoms with van der Waals surface area (Å²) < 4.78 is 10.7. The van der Waals surface area contributed by atoms with Gasteiger partial charge in [0.2, 0.25) is 6.79 Å². The molecule has 0 bridgehead atoms. The van der Waals surface area contributed by atoms with E-state index in [4.69, 9.17) is 21.1 Å². The molecule has 0 aliphatic carbocycles. The highest BCUT2D eigenvalue weighted by Crippen LogP contribution is 2.40. The molecule has 2 heterocycles. The molecule has 0 saturated carbocycles. The minimum absolute atomic E-state index is 0.124. The summed E-state index contributed by atoms with van der Waals surface area (Å²) in [6, 6.07) is 10.5. The molecule has 0 amide bonds. The van der Waals surface area contributed by atoms with Crippen LogP contribution in [0.5, 0.6) is 17.2 Å². The van der Waals surface area contributed by atoms with Gasteiger partial charge in [-0.05, 0) is 35.9 Å². The summed E-state index contributed by atoms with van der Waals surface area (Å²) in [5.41, 5.74) is 2.95. The van der Waals surface area contributed by atoms with Gasteiger partial charge in [0.25, 0.3) is 0 Å². The molecule has 6 heteroatoms.